The van der Waals surface area contributed by atoms with E-state index in [-0.39, 0.29) is 5.88 Å². The maximum absolute atomic E-state index is 12.0. The van der Waals surface area contributed by atoms with Gasteiger partial charge in [-0.15, -0.1) is 0 Å². The van der Waals surface area contributed by atoms with E-state index in [1.807, 2.05) is 24.3 Å². The van der Waals surface area contributed by atoms with Gasteiger partial charge in [-0.1, -0.05) is 18.2 Å². The van der Waals surface area contributed by atoms with Crippen LogP contribution in [0.2, 0.25) is 0 Å². The molecule has 1 aliphatic heterocycles. The van der Waals surface area contributed by atoms with Crippen LogP contribution >= 0.6 is 0 Å². The zero-order chi connectivity index (χ0) is 11.6. The zero-order valence-electron chi connectivity index (χ0n) is 9.14. The van der Waals surface area contributed by atoms with Crippen LogP contribution in [0.5, 0.6) is 0 Å². The van der Waals surface area contributed by atoms with Crippen LogP contribution < -0.4 is 0 Å². The average molecular weight is 236 g/mol. The van der Waals surface area contributed by atoms with Gasteiger partial charge < -0.3 is 0 Å². The molecular formula is C11H12N2O2S. The number of nitrogens with zero attached hydrogens (tertiary/aromatic N) is 2. The molecule has 1 aromatic heterocycles. The molecule has 0 atom stereocenters. The molecule has 2 heterocycles. The minimum atomic E-state index is -3.13. The second kappa shape index (κ2) is 2.66. The van der Waals surface area contributed by atoms with E-state index >= 15 is 0 Å². The van der Waals surface area contributed by atoms with Gasteiger partial charge >= 0.3 is 0 Å². The molecule has 0 fully saturated rings. The van der Waals surface area contributed by atoms with E-state index in [1.165, 1.54) is 0 Å². The van der Waals surface area contributed by atoms with Crippen LogP contribution in [0.1, 0.15) is 19.5 Å². The largest absolute Gasteiger partial charge is 0.252 e. The molecule has 1 aliphatic rings. The minimum Gasteiger partial charge on any atom is -0.252 e. The molecule has 0 saturated carbocycles. The number of aromatic nitrogens is 2. The molecule has 1 aromatic carbocycles. The van der Waals surface area contributed by atoms with Crippen molar-refractivity contribution in [3.8, 4) is 0 Å². The molecule has 2 aromatic rings. The lowest BCUT2D eigenvalue weighted by Gasteiger charge is -2.15. The van der Waals surface area contributed by atoms with E-state index in [0.29, 0.717) is 0 Å². The van der Waals surface area contributed by atoms with Crippen molar-refractivity contribution < 1.29 is 8.42 Å². The molecule has 16 heavy (non-hydrogen) atoms. The van der Waals surface area contributed by atoms with E-state index in [2.05, 4.69) is 5.10 Å². The van der Waals surface area contributed by atoms with Gasteiger partial charge in [0.15, 0.2) is 9.84 Å². The van der Waals surface area contributed by atoms with E-state index in [0.717, 1.165) is 16.6 Å². The summed E-state index contributed by atoms with van der Waals surface area (Å²) in [5, 5.41) is 5.26. The van der Waals surface area contributed by atoms with Crippen LogP contribution in [0.3, 0.4) is 0 Å². The highest BCUT2D eigenvalue weighted by atomic mass is 32.2. The van der Waals surface area contributed by atoms with Gasteiger partial charge in [-0.05, 0) is 19.9 Å². The lowest BCUT2D eigenvalue weighted by Crippen LogP contribution is -2.23. The standard InChI is InChI=1S/C11H12N2O2S/c1-11(2)10-8-5-3-4-6-9(8)12-13(10)7-16(11,14)15/h3-6H,7H2,1-2H3. The first-order valence-electron chi connectivity index (χ1n) is 5.12. The summed E-state index contributed by atoms with van der Waals surface area (Å²) in [6.45, 7) is 3.49. The summed E-state index contributed by atoms with van der Waals surface area (Å²) in [5.41, 5.74) is 1.67. The van der Waals surface area contributed by atoms with Crippen molar-refractivity contribution in [2.45, 2.75) is 24.5 Å². The van der Waals surface area contributed by atoms with Gasteiger partial charge in [0.05, 0.1) is 11.2 Å². The summed E-state index contributed by atoms with van der Waals surface area (Å²) in [4.78, 5) is 0. The average Bonchev–Trinajstić information content (AvgIpc) is 2.61. The predicted molar refractivity (Wildman–Crippen MR) is 61.7 cm³/mol. The Kier molecular flexibility index (Phi) is 1.63. The fourth-order valence-corrected chi connectivity index (χ4v) is 3.62. The quantitative estimate of drug-likeness (QED) is 0.699. The van der Waals surface area contributed by atoms with Crippen molar-refractivity contribution in [1.29, 1.82) is 0 Å². The Balaban J connectivity index is 2.45. The predicted octanol–water partition coefficient (Wildman–Crippen LogP) is 1.66. The van der Waals surface area contributed by atoms with Crippen molar-refractivity contribution in [1.82, 2.24) is 9.78 Å². The SMILES string of the molecule is CC1(C)c2c3ccccc3nn2CS1(=O)=O. The number of sulfone groups is 1. The molecule has 0 spiro atoms. The van der Waals surface area contributed by atoms with E-state index in [1.54, 1.807) is 18.5 Å². The van der Waals surface area contributed by atoms with Gasteiger partial charge in [-0.2, -0.15) is 5.10 Å². The molecule has 0 N–H and O–H groups in total. The smallest absolute Gasteiger partial charge is 0.181 e. The van der Waals surface area contributed by atoms with Gasteiger partial charge in [-0.25, -0.2) is 8.42 Å². The Labute approximate surface area is 93.8 Å². The van der Waals surface area contributed by atoms with Crippen molar-refractivity contribution >= 4 is 20.7 Å². The summed E-state index contributed by atoms with van der Waals surface area (Å²) in [5.74, 6) is -0.00991. The molecule has 3 rings (SSSR count). The van der Waals surface area contributed by atoms with Gasteiger partial charge in [0.2, 0.25) is 0 Å². The molecule has 0 amide bonds. The van der Waals surface area contributed by atoms with Crippen LogP contribution in [0.15, 0.2) is 24.3 Å². The molecular weight excluding hydrogens is 224 g/mol. The van der Waals surface area contributed by atoms with Gasteiger partial charge in [0, 0.05) is 5.39 Å². The Hall–Kier alpha value is -1.36. The minimum absolute atomic E-state index is 0.00991. The number of benzene rings is 1. The molecule has 0 saturated heterocycles. The number of hydrogen-bond donors (Lipinski definition) is 0. The maximum Gasteiger partial charge on any atom is 0.181 e. The highest BCUT2D eigenvalue weighted by Gasteiger charge is 2.46. The second-order valence-electron chi connectivity index (χ2n) is 4.62. The molecule has 4 nitrogen and oxygen atoms in total. The Morgan fingerprint density at radius 3 is 2.75 bits per heavy atom. The normalized spacial score (nSPS) is 21.1. The number of hydrogen-bond acceptors (Lipinski definition) is 3. The van der Waals surface area contributed by atoms with Crippen molar-refractivity contribution in [3.05, 3.63) is 30.0 Å². The summed E-state index contributed by atoms with van der Waals surface area (Å²) in [7, 11) is -3.13. The number of fused-ring (bicyclic) bond motifs is 3. The Bertz CT molecular complexity index is 683. The second-order valence-corrected chi connectivity index (χ2v) is 7.13. The molecule has 5 heteroatoms. The molecule has 0 aliphatic carbocycles. The zero-order valence-corrected chi connectivity index (χ0v) is 9.95. The van der Waals surface area contributed by atoms with Gasteiger partial charge in [-0.3, -0.25) is 4.68 Å². The molecule has 84 valence electrons. The van der Waals surface area contributed by atoms with Crippen molar-refractivity contribution in [2.75, 3.05) is 0 Å². The van der Waals surface area contributed by atoms with Crippen LogP contribution in [-0.4, -0.2) is 18.2 Å². The fourth-order valence-electron chi connectivity index (χ4n) is 2.28. The summed E-state index contributed by atoms with van der Waals surface area (Å²) in [6, 6.07) is 7.65. The Morgan fingerprint density at radius 2 is 2.00 bits per heavy atom. The van der Waals surface area contributed by atoms with Crippen molar-refractivity contribution in [3.63, 3.8) is 0 Å². The van der Waals surface area contributed by atoms with Gasteiger partial charge in [0.1, 0.15) is 10.6 Å². The van der Waals surface area contributed by atoms with Crippen LogP contribution in [-0.2, 0) is 20.5 Å². The first kappa shape index (κ1) is 9.84. The van der Waals surface area contributed by atoms with Crippen LogP contribution in [0.4, 0.5) is 0 Å². The third kappa shape index (κ3) is 0.988. The molecule has 0 unspecified atom stereocenters. The van der Waals surface area contributed by atoms with Crippen LogP contribution in [0.25, 0.3) is 10.9 Å². The molecule has 0 bridgehead atoms. The first-order chi connectivity index (χ1) is 7.43. The third-order valence-corrected chi connectivity index (χ3v) is 5.62. The highest BCUT2D eigenvalue weighted by Crippen LogP contribution is 2.40. The fraction of sp³-hybridized carbons (Fsp3) is 0.364. The maximum atomic E-state index is 12.0. The summed E-state index contributed by atoms with van der Waals surface area (Å²) in [6.07, 6.45) is 0. The lowest BCUT2D eigenvalue weighted by atomic mass is 10.1. The van der Waals surface area contributed by atoms with E-state index < -0.39 is 14.6 Å². The van der Waals surface area contributed by atoms with Gasteiger partial charge in [0.25, 0.3) is 0 Å². The van der Waals surface area contributed by atoms with Crippen molar-refractivity contribution in [2.24, 2.45) is 0 Å². The highest BCUT2D eigenvalue weighted by molar-refractivity contribution is 7.91. The third-order valence-electron chi connectivity index (χ3n) is 3.29. The summed E-state index contributed by atoms with van der Waals surface area (Å²) < 4.78 is 24.7. The monoisotopic (exact) mass is 236 g/mol. The van der Waals surface area contributed by atoms with E-state index in [9.17, 15) is 8.42 Å². The Morgan fingerprint density at radius 1 is 1.31 bits per heavy atom. The lowest BCUT2D eigenvalue weighted by molar-refractivity contribution is 0.564. The summed E-state index contributed by atoms with van der Waals surface area (Å²) >= 11 is 0. The first-order valence-corrected chi connectivity index (χ1v) is 6.77. The van der Waals surface area contributed by atoms with Crippen LogP contribution in [0, 0.1) is 0 Å². The topological polar surface area (TPSA) is 52.0 Å². The molecule has 0 radical (unpaired) electrons. The van der Waals surface area contributed by atoms with E-state index in [4.69, 9.17) is 0 Å². The number of rotatable bonds is 0.